The van der Waals surface area contributed by atoms with Crippen LogP contribution < -0.4 is 5.32 Å². The SMILES string of the molecule is O=C(Cc1ccccn1)C(=O)N1CCNCC1. The summed E-state index contributed by atoms with van der Waals surface area (Å²) in [6, 6.07) is 5.35. The first-order chi connectivity index (χ1) is 8.27. The van der Waals surface area contributed by atoms with Gasteiger partial charge in [-0.25, -0.2) is 0 Å². The number of nitrogens with one attached hydrogen (secondary N) is 1. The molecule has 1 aromatic heterocycles. The quantitative estimate of drug-likeness (QED) is 0.723. The molecule has 0 aliphatic carbocycles. The van der Waals surface area contributed by atoms with Crippen molar-refractivity contribution in [3.63, 3.8) is 0 Å². The van der Waals surface area contributed by atoms with E-state index in [1.54, 1.807) is 23.2 Å². The predicted octanol–water partition coefficient (Wildman–Crippen LogP) is -0.375. The molecule has 1 aromatic rings. The maximum atomic E-state index is 11.8. The lowest BCUT2D eigenvalue weighted by atomic mass is 10.1. The van der Waals surface area contributed by atoms with Crippen LogP contribution in [0.4, 0.5) is 0 Å². The number of rotatable bonds is 3. The summed E-state index contributed by atoms with van der Waals surface area (Å²) in [4.78, 5) is 29.2. The van der Waals surface area contributed by atoms with E-state index in [2.05, 4.69) is 10.3 Å². The number of nitrogens with zero attached hydrogens (tertiary/aromatic N) is 2. The van der Waals surface area contributed by atoms with Crippen LogP contribution in [-0.4, -0.2) is 47.8 Å². The fourth-order valence-corrected chi connectivity index (χ4v) is 1.79. The Morgan fingerprint density at radius 2 is 2.06 bits per heavy atom. The molecule has 17 heavy (non-hydrogen) atoms. The van der Waals surface area contributed by atoms with E-state index in [1.807, 2.05) is 6.07 Å². The maximum Gasteiger partial charge on any atom is 0.290 e. The Morgan fingerprint density at radius 1 is 1.29 bits per heavy atom. The van der Waals surface area contributed by atoms with Gasteiger partial charge in [-0.2, -0.15) is 0 Å². The van der Waals surface area contributed by atoms with Crippen LogP contribution in [0, 0.1) is 0 Å². The molecule has 0 radical (unpaired) electrons. The Hall–Kier alpha value is -1.75. The Morgan fingerprint density at radius 3 is 2.71 bits per heavy atom. The summed E-state index contributed by atoms with van der Waals surface area (Å²) in [7, 11) is 0. The number of Topliss-reactive ketones (excluding diaryl/α,β-unsaturated/α-hetero) is 1. The first-order valence-electron chi connectivity index (χ1n) is 5.70. The number of pyridine rings is 1. The Bertz CT molecular complexity index is 399. The van der Waals surface area contributed by atoms with Gasteiger partial charge in [0.1, 0.15) is 0 Å². The summed E-state index contributed by atoms with van der Waals surface area (Å²) < 4.78 is 0. The molecule has 5 heteroatoms. The predicted molar refractivity (Wildman–Crippen MR) is 62.4 cm³/mol. The van der Waals surface area contributed by atoms with Gasteiger partial charge >= 0.3 is 0 Å². The van der Waals surface area contributed by atoms with Crippen molar-refractivity contribution in [2.45, 2.75) is 6.42 Å². The monoisotopic (exact) mass is 233 g/mol. The number of piperazine rings is 1. The van der Waals surface area contributed by atoms with Gasteiger partial charge in [-0.1, -0.05) is 6.07 Å². The highest BCUT2D eigenvalue weighted by atomic mass is 16.2. The number of hydrogen-bond acceptors (Lipinski definition) is 4. The van der Waals surface area contributed by atoms with Gasteiger partial charge in [-0.15, -0.1) is 0 Å². The average molecular weight is 233 g/mol. The molecule has 1 aliphatic rings. The van der Waals surface area contributed by atoms with E-state index in [4.69, 9.17) is 0 Å². The van der Waals surface area contributed by atoms with E-state index in [-0.39, 0.29) is 12.2 Å². The molecule has 0 saturated carbocycles. The second-order valence-corrected chi connectivity index (χ2v) is 3.96. The van der Waals surface area contributed by atoms with Gasteiger partial charge in [-0.05, 0) is 12.1 Å². The van der Waals surface area contributed by atoms with Crippen LogP contribution in [0.2, 0.25) is 0 Å². The van der Waals surface area contributed by atoms with E-state index in [0.717, 1.165) is 13.1 Å². The number of carbonyl (C=O) groups is 2. The van der Waals surface area contributed by atoms with Crippen molar-refractivity contribution in [3.05, 3.63) is 30.1 Å². The van der Waals surface area contributed by atoms with Crippen molar-refractivity contribution in [1.29, 1.82) is 0 Å². The Kier molecular flexibility index (Phi) is 3.82. The third-order valence-electron chi connectivity index (χ3n) is 2.71. The van der Waals surface area contributed by atoms with Gasteiger partial charge in [0.15, 0.2) is 0 Å². The van der Waals surface area contributed by atoms with E-state index in [9.17, 15) is 9.59 Å². The van der Waals surface area contributed by atoms with Crippen molar-refractivity contribution in [2.24, 2.45) is 0 Å². The molecule has 1 saturated heterocycles. The number of hydrogen-bond donors (Lipinski definition) is 1. The average Bonchev–Trinajstić information content (AvgIpc) is 2.40. The Balaban J connectivity index is 1.93. The molecule has 2 rings (SSSR count). The molecule has 90 valence electrons. The fourth-order valence-electron chi connectivity index (χ4n) is 1.79. The number of aromatic nitrogens is 1. The summed E-state index contributed by atoms with van der Waals surface area (Å²) >= 11 is 0. The van der Waals surface area contributed by atoms with Crippen LogP contribution >= 0.6 is 0 Å². The summed E-state index contributed by atoms with van der Waals surface area (Å²) in [6.07, 6.45) is 1.71. The zero-order valence-electron chi connectivity index (χ0n) is 9.56. The highest BCUT2D eigenvalue weighted by Crippen LogP contribution is 2.00. The zero-order valence-corrected chi connectivity index (χ0v) is 9.56. The lowest BCUT2D eigenvalue weighted by Crippen LogP contribution is -2.49. The van der Waals surface area contributed by atoms with Gasteiger partial charge in [0.25, 0.3) is 5.91 Å². The normalized spacial score (nSPS) is 15.6. The fraction of sp³-hybridized carbons (Fsp3) is 0.417. The van der Waals surface area contributed by atoms with Crippen LogP contribution in [0.1, 0.15) is 5.69 Å². The third kappa shape index (κ3) is 3.10. The highest BCUT2D eigenvalue weighted by molar-refractivity contribution is 6.36. The second kappa shape index (κ2) is 5.54. The first kappa shape index (κ1) is 11.7. The minimum absolute atomic E-state index is 0.0869. The van der Waals surface area contributed by atoms with Crippen molar-refractivity contribution >= 4 is 11.7 Å². The summed E-state index contributed by atoms with van der Waals surface area (Å²) in [6.45, 7) is 2.71. The molecule has 1 amide bonds. The molecule has 1 fully saturated rings. The molecule has 1 N–H and O–H groups in total. The van der Waals surface area contributed by atoms with Crippen molar-refractivity contribution < 1.29 is 9.59 Å². The molecule has 2 heterocycles. The van der Waals surface area contributed by atoms with E-state index in [0.29, 0.717) is 18.8 Å². The molecule has 0 aromatic carbocycles. The molecule has 0 unspecified atom stereocenters. The van der Waals surface area contributed by atoms with Gasteiger partial charge in [0, 0.05) is 38.1 Å². The zero-order chi connectivity index (χ0) is 12.1. The van der Waals surface area contributed by atoms with Crippen LogP contribution in [0.3, 0.4) is 0 Å². The van der Waals surface area contributed by atoms with Crippen LogP contribution in [-0.2, 0) is 16.0 Å². The number of ketones is 1. The van der Waals surface area contributed by atoms with Crippen LogP contribution in [0.5, 0.6) is 0 Å². The van der Waals surface area contributed by atoms with Gasteiger partial charge in [0.05, 0.1) is 6.42 Å². The molecular formula is C12H15N3O2. The lowest BCUT2D eigenvalue weighted by Gasteiger charge is -2.26. The molecule has 0 atom stereocenters. The molecule has 5 nitrogen and oxygen atoms in total. The number of amides is 1. The van der Waals surface area contributed by atoms with E-state index < -0.39 is 5.91 Å². The van der Waals surface area contributed by atoms with Gasteiger partial charge in [0.2, 0.25) is 5.78 Å². The molecular weight excluding hydrogens is 218 g/mol. The Labute approximate surface area is 99.8 Å². The van der Waals surface area contributed by atoms with E-state index in [1.165, 1.54) is 0 Å². The van der Waals surface area contributed by atoms with Crippen LogP contribution in [0.25, 0.3) is 0 Å². The van der Waals surface area contributed by atoms with Crippen molar-refractivity contribution in [2.75, 3.05) is 26.2 Å². The van der Waals surface area contributed by atoms with Crippen molar-refractivity contribution in [1.82, 2.24) is 15.2 Å². The minimum Gasteiger partial charge on any atom is -0.334 e. The van der Waals surface area contributed by atoms with Crippen molar-refractivity contribution in [3.8, 4) is 0 Å². The minimum atomic E-state index is -0.392. The summed E-state index contributed by atoms with van der Waals surface area (Å²) in [5, 5.41) is 3.14. The summed E-state index contributed by atoms with van der Waals surface area (Å²) in [5.41, 5.74) is 0.640. The molecule has 0 bridgehead atoms. The van der Waals surface area contributed by atoms with Crippen LogP contribution in [0.15, 0.2) is 24.4 Å². The molecule has 0 spiro atoms. The third-order valence-corrected chi connectivity index (χ3v) is 2.71. The standard InChI is InChI=1S/C12H15N3O2/c16-11(9-10-3-1-2-4-14-10)12(17)15-7-5-13-6-8-15/h1-4,13H,5-9H2. The summed E-state index contributed by atoms with van der Waals surface area (Å²) in [5.74, 6) is -0.775. The topological polar surface area (TPSA) is 62.3 Å². The molecule has 1 aliphatic heterocycles. The van der Waals surface area contributed by atoms with Gasteiger partial charge < -0.3 is 10.2 Å². The smallest absolute Gasteiger partial charge is 0.290 e. The maximum absolute atomic E-state index is 11.8. The largest absolute Gasteiger partial charge is 0.334 e. The first-order valence-corrected chi connectivity index (χ1v) is 5.70. The highest BCUT2D eigenvalue weighted by Gasteiger charge is 2.23. The second-order valence-electron chi connectivity index (χ2n) is 3.96. The van der Waals surface area contributed by atoms with E-state index >= 15 is 0 Å². The lowest BCUT2D eigenvalue weighted by molar-refractivity contribution is -0.144. The van der Waals surface area contributed by atoms with Gasteiger partial charge in [-0.3, -0.25) is 14.6 Å². The number of carbonyl (C=O) groups excluding carboxylic acids is 2.